The molecule has 2 unspecified atom stereocenters. The summed E-state index contributed by atoms with van der Waals surface area (Å²) in [5.74, 6) is 0.768. The summed E-state index contributed by atoms with van der Waals surface area (Å²) in [5, 5.41) is 8.94. The highest BCUT2D eigenvalue weighted by atomic mass is 14.3. The van der Waals surface area contributed by atoms with Crippen LogP contribution in [0.5, 0.6) is 0 Å². The van der Waals surface area contributed by atoms with Crippen LogP contribution in [0.25, 0.3) is 0 Å². The Bertz CT molecular complexity index is 159. The first-order valence-corrected chi connectivity index (χ1v) is 4.80. The van der Waals surface area contributed by atoms with Crippen LogP contribution in [0.2, 0.25) is 0 Å². The molecule has 0 heterocycles. The molecule has 0 spiro atoms. The van der Waals surface area contributed by atoms with Crippen molar-refractivity contribution in [3.63, 3.8) is 0 Å². The van der Waals surface area contributed by atoms with Crippen molar-refractivity contribution < 1.29 is 0 Å². The summed E-state index contributed by atoms with van der Waals surface area (Å²) >= 11 is 0. The summed E-state index contributed by atoms with van der Waals surface area (Å²) in [7, 11) is 0. The summed E-state index contributed by atoms with van der Waals surface area (Å²) in [5.41, 5.74) is 0.282. The van der Waals surface area contributed by atoms with E-state index in [0.29, 0.717) is 5.92 Å². The highest BCUT2D eigenvalue weighted by molar-refractivity contribution is 4.88. The zero-order valence-corrected chi connectivity index (χ0v) is 9.02. The number of nitriles is 1. The summed E-state index contributed by atoms with van der Waals surface area (Å²) < 4.78 is 0. The highest BCUT2D eigenvalue weighted by Crippen LogP contribution is 2.29. The number of hydrogen-bond acceptors (Lipinski definition) is 1. The molecular weight excluding hydrogens is 146 g/mol. The van der Waals surface area contributed by atoms with Crippen LogP contribution < -0.4 is 0 Å². The van der Waals surface area contributed by atoms with Crippen LogP contribution in [0.1, 0.15) is 47.5 Å². The van der Waals surface area contributed by atoms with Crippen molar-refractivity contribution in [1.29, 1.82) is 5.26 Å². The topological polar surface area (TPSA) is 23.8 Å². The van der Waals surface area contributed by atoms with E-state index in [0.717, 1.165) is 12.8 Å². The van der Waals surface area contributed by atoms with E-state index in [-0.39, 0.29) is 11.3 Å². The van der Waals surface area contributed by atoms with Gasteiger partial charge in [0.2, 0.25) is 0 Å². The zero-order valence-electron chi connectivity index (χ0n) is 9.02. The molecule has 0 saturated heterocycles. The molecular formula is C11H21N. The highest BCUT2D eigenvalue weighted by Gasteiger charge is 2.22. The lowest BCUT2D eigenvalue weighted by atomic mass is 9.79. The quantitative estimate of drug-likeness (QED) is 0.630. The van der Waals surface area contributed by atoms with Crippen molar-refractivity contribution in [3.05, 3.63) is 0 Å². The lowest BCUT2D eigenvalue weighted by molar-refractivity contribution is 0.274. The van der Waals surface area contributed by atoms with Gasteiger partial charge >= 0.3 is 0 Å². The van der Waals surface area contributed by atoms with Gasteiger partial charge in [0.05, 0.1) is 6.07 Å². The van der Waals surface area contributed by atoms with Gasteiger partial charge in [-0.25, -0.2) is 0 Å². The predicted octanol–water partition coefficient (Wildman–Crippen LogP) is 3.61. The Morgan fingerprint density at radius 1 is 1.33 bits per heavy atom. The predicted molar refractivity (Wildman–Crippen MR) is 52.6 cm³/mol. The third kappa shape index (κ3) is 4.38. The standard InChI is InChI=1S/C11H21N/c1-6-9(2)10(8-12)7-11(3,4)5/h9-10H,6-7H2,1-5H3. The Labute approximate surface area is 76.8 Å². The maximum Gasteiger partial charge on any atom is 0.0658 e. The van der Waals surface area contributed by atoms with Gasteiger partial charge in [-0.05, 0) is 17.8 Å². The molecule has 0 aromatic heterocycles. The van der Waals surface area contributed by atoms with E-state index in [4.69, 9.17) is 5.26 Å². The molecule has 0 fully saturated rings. The minimum absolute atomic E-state index is 0.231. The largest absolute Gasteiger partial charge is 0.198 e. The second kappa shape index (κ2) is 4.50. The van der Waals surface area contributed by atoms with E-state index in [1.165, 1.54) is 0 Å². The SMILES string of the molecule is CCC(C)C(C#N)CC(C)(C)C. The van der Waals surface area contributed by atoms with E-state index in [9.17, 15) is 0 Å². The van der Waals surface area contributed by atoms with Gasteiger partial charge in [0.25, 0.3) is 0 Å². The molecule has 0 aliphatic rings. The Morgan fingerprint density at radius 3 is 2.08 bits per heavy atom. The molecule has 0 aromatic carbocycles. The Morgan fingerprint density at radius 2 is 1.83 bits per heavy atom. The van der Waals surface area contributed by atoms with E-state index in [2.05, 4.69) is 40.7 Å². The first-order chi connectivity index (χ1) is 5.40. The third-order valence-corrected chi connectivity index (χ3v) is 2.33. The van der Waals surface area contributed by atoms with Gasteiger partial charge in [0, 0.05) is 5.92 Å². The van der Waals surface area contributed by atoms with Crippen molar-refractivity contribution in [2.24, 2.45) is 17.3 Å². The number of nitrogens with zero attached hydrogens (tertiary/aromatic N) is 1. The molecule has 0 saturated carbocycles. The molecule has 12 heavy (non-hydrogen) atoms. The van der Waals surface area contributed by atoms with Crippen LogP contribution >= 0.6 is 0 Å². The molecule has 1 heteroatoms. The molecule has 0 aliphatic carbocycles. The van der Waals surface area contributed by atoms with Crippen LogP contribution in [-0.4, -0.2) is 0 Å². The summed E-state index contributed by atoms with van der Waals surface area (Å²) in [4.78, 5) is 0. The van der Waals surface area contributed by atoms with E-state index in [1.807, 2.05) is 0 Å². The minimum Gasteiger partial charge on any atom is -0.198 e. The van der Waals surface area contributed by atoms with Crippen LogP contribution in [0, 0.1) is 28.6 Å². The van der Waals surface area contributed by atoms with Crippen LogP contribution in [0.4, 0.5) is 0 Å². The van der Waals surface area contributed by atoms with Gasteiger partial charge in [0.15, 0.2) is 0 Å². The molecule has 0 aromatic rings. The van der Waals surface area contributed by atoms with Gasteiger partial charge in [-0.3, -0.25) is 0 Å². The van der Waals surface area contributed by atoms with Crippen LogP contribution in [0.15, 0.2) is 0 Å². The molecule has 2 atom stereocenters. The van der Waals surface area contributed by atoms with Crippen molar-refractivity contribution in [1.82, 2.24) is 0 Å². The Hall–Kier alpha value is -0.510. The average Bonchev–Trinajstić information content (AvgIpc) is 1.97. The first kappa shape index (κ1) is 11.5. The van der Waals surface area contributed by atoms with Crippen molar-refractivity contribution >= 4 is 0 Å². The fourth-order valence-corrected chi connectivity index (χ4v) is 1.32. The van der Waals surface area contributed by atoms with Crippen molar-refractivity contribution in [2.75, 3.05) is 0 Å². The Kier molecular flexibility index (Phi) is 4.31. The lowest BCUT2D eigenvalue weighted by Crippen LogP contribution is -2.17. The van der Waals surface area contributed by atoms with Gasteiger partial charge in [-0.2, -0.15) is 5.26 Å². The fourth-order valence-electron chi connectivity index (χ4n) is 1.32. The number of rotatable bonds is 3. The zero-order chi connectivity index (χ0) is 9.78. The molecule has 1 nitrogen and oxygen atoms in total. The minimum atomic E-state index is 0.231. The monoisotopic (exact) mass is 167 g/mol. The molecule has 0 radical (unpaired) electrons. The maximum atomic E-state index is 8.94. The van der Waals surface area contributed by atoms with E-state index >= 15 is 0 Å². The van der Waals surface area contributed by atoms with Crippen LogP contribution in [-0.2, 0) is 0 Å². The van der Waals surface area contributed by atoms with Gasteiger partial charge < -0.3 is 0 Å². The third-order valence-electron chi connectivity index (χ3n) is 2.33. The fraction of sp³-hybridized carbons (Fsp3) is 0.909. The van der Waals surface area contributed by atoms with Gasteiger partial charge in [-0.1, -0.05) is 41.0 Å². The smallest absolute Gasteiger partial charge is 0.0658 e. The van der Waals surface area contributed by atoms with E-state index in [1.54, 1.807) is 0 Å². The second-order valence-electron chi connectivity index (χ2n) is 4.89. The summed E-state index contributed by atoms with van der Waals surface area (Å²) in [6, 6.07) is 2.41. The van der Waals surface area contributed by atoms with Crippen LogP contribution in [0.3, 0.4) is 0 Å². The normalized spacial score (nSPS) is 16.7. The van der Waals surface area contributed by atoms with Crippen molar-refractivity contribution in [3.8, 4) is 6.07 Å². The second-order valence-corrected chi connectivity index (χ2v) is 4.89. The van der Waals surface area contributed by atoms with Gasteiger partial charge in [0.1, 0.15) is 0 Å². The molecule has 0 bridgehead atoms. The summed E-state index contributed by atoms with van der Waals surface area (Å²) in [6.07, 6.45) is 2.12. The maximum absolute atomic E-state index is 8.94. The first-order valence-electron chi connectivity index (χ1n) is 4.80. The summed E-state index contributed by atoms with van der Waals surface area (Å²) in [6.45, 7) is 10.9. The average molecular weight is 167 g/mol. The molecule has 0 rings (SSSR count). The molecule has 0 N–H and O–H groups in total. The lowest BCUT2D eigenvalue weighted by Gasteiger charge is -2.24. The molecule has 70 valence electrons. The molecule has 0 amide bonds. The van der Waals surface area contributed by atoms with E-state index < -0.39 is 0 Å². The number of hydrogen-bond donors (Lipinski definition) is 0. The molecule has 0 aliphatic heterocycles. The van der Waals surface area contributed by atoms with Gasteiger partial charge in [-0.15, -0.1) is 0 Å². The van der Waals surface area contributed by atoms with Crippen molar-refractivity contribution in [2.45, 2.75) is 47.5 Å². The Balaban J connectivity index is 4.12.